The Bertz CT molecular complexity index is 696. The molecule has 0 heterocycles. The highest BCUT2D eigenvalue weighted by atomic mass is 16.6. The molecular weight excluding hydrogens is 272 g/mol. The summed E-state index contributed by atoms with van der Waals surface area (Å²) in [6.45, 7) is 0. The van der Waals surface area contributed by atoms with Gasteiger partial charge in [-0.1, -0.05) is 36.4 Å². The minimum Gasteiger partial charge on any atom is -0.465 e. The van der Waals surface area contributed by atoms with Crippen molar-refractivity contribution in [2.24, 2.45) is 4.99 Å². The van der Waals surface area contributed by atoms with E-state index in [9.17, 15) is 14.9 Å². The lowest BCUT2D eigenvalue weighted by Gasteiger charge is -2.04. The average Bonchev–Trinajstić information content (AvgIpc) is 2.52. The van der Waals surface area contributed by atoms with Crippen molar-refractivity contribution in [1.29, 1.82) is 0 Å². The van der Waals surface area contributed by atoms with Crippen LogP contribution in [0.25, 0.3) is 0 Å². The quantitative estimate of drug-likeness (QED) is 0.374. The predicted octanol–water partition coefficient (Wildman–Crippen LogP) is 3.13. The van der Waals surface area contributed by atoms with E-state index in [-0.39, 0.29) is 16.9 Å². The molecule has 0 radical (unpaired) electrons. The third kappa shape index (κ3) is 3.30. The highest BCUT2D eigenvalue weighted by molar-refractivity contribution is 5.98. The van der Waals surface area contributed by atoms with E-state index in [1.54, 1.807) is 12.1 Å². The Balaban J connectivity index is 2.51. The first-order chi connectivity index (χ1) is 10.1. The lowest BCUT2D eigenvalue weighted by molar-refractivity contribution is -0.384. The van der Waals surface area contributed by atoms with Crippen LogP contribution in [0.4, 0.5) is 11.4 Å². The molecule has 0 aliphatic carbocycles. The molecule has 0 atom stereocenters. The number of carbonyl (C=O) groups is 1. The number of carbonyl (C=O) groups excluding carboxylic acids is 1. The van der Waals surface area contributed by atoms with Crippen molar-refractivity contribution in [2.45, 2.75) is 0 Å². The molecule has 0 N–H and O–H groups in total. The van der Waals surface area contributed by atoms with Crippen LogP contribution in [0.3, 0.4) is 0 Å². The van der Waals surface area contributed by atoms with Gasteiger partial charge in [-0.05, 0) is 11.6 Å². The van der Waals surface area contributed by atoms with Gasteiger partial charge in [-0.3, -0.25) is 10.1 Å². The number of hydrogen-bond acceptors (Lipinski definition) is 5. The van der Waals surface area contributed by atoms with Crippen molar-refractivity contribution in [1.82, 2.24) is 0 Å². The van der Waals surface area contributed by atoms with Crippen molar-refractivity contribution in [3.8, 4) is 0 Å². The first kappa shape index (κ1) is 14.4. The topological polar surface area (TPSA) is 81.8 Å². The van der Waals surface area contributed by atoms with Crippen molar-refractivity contribution in [2.75, 3.05) is 7.11 Å². The third-order valence-corrected chi connectivity index (χ3v) is 2.76. The van der Waals surface area contributed by atoms with E-state index < -0.39 is 10.9 Å². The minimum absolute atomic E-state index is 0.0156. The molecule has 2 aromatic carbocycles. The SMILES string of the molecule is COC(=O)c1cccc([N+](=O)[O-])c1N=Cc1ccccc1. The van der Waals surface area contributed by atoms with Crippen LogP contribution in [-0.4, -0.2) is 24.2 Å². The number of aliphatic imine (C=N–C) groups is 1. The summed E-state index contributed by atoms with van der Waals surface area (Å²) in [5, 5.41) is 11.1. The Morgan fingerprint density at radius 2 is 1.90 bits per heavy atom. The fourth-order valence-electron chi connectivity index (χ4n) is 1.77. The summed E-state index contributed by atoms with van der Waals surface area (Å²) in [6, 6.07) is 13.3. The molecule has 0 aliphatic rings. The number of ether oxygens (including phenoxy) is 1. The second kappa shape index (κ2) is 6.42. The van der Waals surface area contributed by atoms with Gasteiger partial charge in [0, 0.05) is 12.3 Å². The first-order valence-corrected chi connectivity index (χ1v) is 6.08. The molecule has 0 unspecified atom stereocenters. The van der Waals surface area contributed by atoms with E-state index in [0.717, 1.165) is 5.56 Å². The maximum atomic E-state index is 11.7. The van der Waals surface area contributed by atoms with Crippen molar-refractivity contribution < 1.29 is 14.5 Å². The molecule has 0 fully saturated rings. The molecule has 2 aromatic rings. The molecule has 0 aromatic heterocycles. The van der Waals surface area contributed by atoms with Crippen LogP contribution in [-0.2, 0) is 4.74 Å². The largest absolute Gasteiger partial charge is 0.465 e. The number of nitro benzene ring substituents is 1. The molecule has 0 aliphatic heterocycles. The second-order valence-corrected chi connectivity index (χ2v) is 4.09. The van der Waals surface area contributed by atoms with E-state index in [4.69, 9.17) is 0 Å². The third-order valence-electron chi connectivity index (χ3n) is 2.76. The molecule has 2 rings (SSSR count). The lowest BCUT2D eigenvalue weighted by Crippen LogP contribution is -2.03. The Hall–Kier alpha value is -3.02. The second-order valence-electron chi connectivity index (χ2n) is 4.09. The number of nitrogens with zero attached hydrogens (tertiary/aromatic N) is 2. The van der Waals surface area contributed by atoms with E-state index in [1.165, 1.54) is 31.5 Å². The first-order valence-electron chi connectivity index (χ1n) is 6.08. The van der Waals surface area contributed by atoms with Crippen molar-refractivity contribution in [3.63, 3.8) is 0 Å². The normalized spacial score (nSPS) is 10.5. The lowest BCUT2D eigenvalue weighted by atomic mass is 10.1. The molecule has 0 spiro atoms. The molecule has 6 heteroatoms. The summed E-state index contributed by atoms with van der Waals surface area (Å²) in [6.07, 6.45) is 1.47. The van der Waals surface area contributed by atoms with Crippen LogP contribution >= 0.6 is 0 Å². The molecule has 6 nitrogen and oxygen atoms in total. The number of benzene rings is 2. The van der Waals surface area contributed by atoms with E-state index in [0.29, 0.717) is 0 Å². The van der Waals surface area contributed by atoms with Gasteiger partial charge in [0.2, 0.25) is 0 Å². The summed E-state index contributed by atoms with van der Waals surface area (Å²) in [5.41, 5.74) is 0.564. The van der Waals surface area contributed by atoms with Crippen molar-refractivity contribution in [3.05, 3.63) is 69.8 Å². The zero-order valence-electron chi connectivity index (χ0n) is 11.2. The number of esters is 1. The zero-order valence-corrected chi connectivity index (χ0v) is 11.2. The molecule has 106 valence electrons. The molecule has 0 saturated carbocycles. The number of nitro groups is 1. The van der Waals surface area contributed by atoms with Gasteiger partial charge in [-0.2, -0.15) is 0 Å². The highest BCUT2D eigenvalue weighted by Gasteiger charge is 2.21. The monoisotopic (exact) mass is 284 g/mol. The Morgan fingerprint density at radius 1 is 1.19 bits per heavy atom. The van der Waals surface area contributed by atoms with Gasteiger partial charge in [0.1, 0.15) is 0 Å². The summed E-state index contributed by atoms with van der Waals surface area (Å²) in [4.78, 5) is 26.3. The van der Waals surface area contributed by atoms with Crippen LogP contribution in [0.1, 0.15) is 15.9 Å². The smallest absolute Gasteiger partial charge is 0.340 e. The Morgan fingerprint density at radius 3 is 2.52 bits per heavy atom. The van der Waals surface area contributed by atoms with Crippen LogP contribution in [0.5, 0.6) is 0 Å². The highest BCUT2D eigenvalue weighted by Crippen LogP contribution is 2.31. The number of hydrogen-bond donors (Lipinski definition) is 0. The number of para-hydroxylation sites is 1. The van der Waals surface area contributed by atoms with Gasteiger partial charge >= 0.3 is 5.97 Å². The maximum Gasteiger partial charge on any atom is 0.340 e. The molecule has 0 amide bonds. The molecular formula is C15H12N2O4. The van der Waals surface area contributed by atoms with E-state index in [2.05, 4.69) is 9.73 Å². The summed E-state index contributed by atoms with van der Waals surface area (Å²) in [5.74, 6) is -0.668. The van der Waals surface area contributed by atoms with Gasteiger partial charge in [-0.25, -0.2) is 9.79 Å². The standard InChI is InChI=1S/C15H12N2O4/c1-21-15(18)12-8-5-9-13(17(19)20)14(12)16-10-11-6-3-2-4-7-11/h2-10H,1H3. The van der Waals surface area contributed by atoms with Crippen LogP contribution in [0, 0.1) is 10.1 Å². The van der Waals surface area contributed by atoms with Gasteiger partial charge in [0.25, 0.3) is 5.69 Å². The number of methoxy groups -OCH3 is 1. The van der Waals surface area contributed by atoms with Gasteiger partial charge in [0.05, 0.1) is 17.6 Å². The Kier molecular flexibility index (Phi) is 4.40. The number of rotatable bonds is 4. The summed E-state index contributed by atoms with van der Waals surface area (Å²) < 4.78 is 4.63. The van der Waals surface area contributed by atoms with Gasteiger partial charge in [0.15, 0.2) is 5.69 Å². The summed E-state index contributed by atoms with van der Waals surface area (Å²) in [7, 11) is 1.21. The summed E-state index contributed by atoms with van der Waals surface area (Å²) >= 11 is 0. The average molecular weight is 284 g/mol. The molecule has 21 heavy (non-hydrogen) atoms. The van der Waals surface area contributed by atoms with Crippen LogP contribution < -0.4 is 0 Å². The zero-order chi connectivity index (χ0) is 15.2. The fraction of sp³-hybridized carbons (Fsp3) is 0.0667. The van der Waals surface area contributed by atoms with E-state index in [1.807, 2.05) is 18.2 Å². The van der Waals surface area contributed by atoms with Gasteiger partial charge < -0.3 is 4.74 Å². The van der Waals surface area contributed by atoms with E-state index >= 15 is 0 Å². The minimum atomic E-state index is -0.668. The maximum absolute atomic E-state index is 11.7. The molecule has 0 saturated heterocycles. The van der Waals surface area contributed by atoms with Crippen LogP contribution in [0.15, 0.2) is 53.5 Å². The molecule has 0 bridgehead atoms. The van der Waals surface area contributed by atoms with Gasteiger partial charge in [-0.15, -0.1) is 0 Å². The van der Waals surface area contributed by atoms with Crippen molar-refractivity contribution >= 4 is 23.6 Å². The predicted molar refractivity (Wildman–Crippen MR) is 78.1 cm³/mol. The fourth-order valence-corrected chi connectivity index (χ4v) is 1.77. The Labute approximate surface area is 120 Å². The van der Waals surface area contributed by atoms with Crippen LogP contribution in [0.2, 0.25) is 0 Å².